The fraction of sp³-hybridized carbons (Fsp3) is 0.143. The smallest absolute Gasteiger partial charge is 0.338 e. The van der Waals surface area contributed by atoms with Gasteiger partial charge in [0.15, 0.2) is 0 Å². The summed E-state index contributed by atoms with van der Waals surface area (Å²) in [6.45, 7) is 0.301. The lowest BCUT2D eigenvalue weighted by Crippen LogP contribution is -2.08. The number of nitrogens with zero attached hydrogens (tertiary/aromatic N) is 1. The SMILES string of the molecule is Nc1cc(Cl)cc(C(=O)OCCc2ccncc2)c1. The van der Waals surface area contributed by atoms with Gasteiger partial charge in [-0.05, 0) is 35.9 Å². The van der Waals surface area contributed by atoms with Gasteiger partial charge in [0.2, 0.25) is 0 Å². The van der Waals surface area contributed by atoms with Crippen LogP contribution in [0.2, 0.25) is 5.02 Å². The van der Waals surface area contributed by atoms with Gasteiger partial charge >= 0.3 is 5.97 Å². The van der Waals surface area contributed by atoms with Gasteiger partial charge in [0.05, 0.1) is 12.2 Å². The molecule has 19 heavy (non-hydrogen) atoms. The minimum Gasteiger partial charge on any atom is -0.462 e. The molecule has 0 saturated carbocycles. The summed E-state index contributed by atoms with van der Waals surface area (Å²) in [6.07, 6.45) is 4.05. The van der Waals surface area contributed by atoms with E-state index >= 15 is 0 Å². The van der Waals surface area contributed by atoms with Crippen molar-refractivity contribution in [2.75, 3.05) is 12.3 Å². The minimum absolute atomic E-state index is 0.301. The number of rotatable bonds is 4. The Morgan fingerprint density at radius 3 is 2.68 bits per heavy atom. The van der Waals surface area contributed by atoms with Crippen molar-refractivity contribution in [1.29, 1.82) is 0 Å². The Labute approximate surface area is 116 Å². The van der Waals surface area contributed by atoms with Crippen LogP contribution in [0, 0.1) is 0 Å². The summed E-state index contributed by atoms with van der Waals surface area (Å²) in [6, 6.07) is 8.42. The molecule has 0 amide bonds. The van der Waals surface area contributed by atoms with E-state index in [1.807, 2.05) is 12.1 Å². The molecule has 1 aromatic carbocycles. The predicted octanol–water partition coefficient (Wildman–Crippen LogP) is 2.72. The van der Waals surface area contributed by atoms with Gasteiger partial charge in [0, 0.05) is 29.5 Å². The third-order valence-electron chi connectivity index (χ3n) is 2.53. The number of hydrogen-bond donors (Lipinski definition) is 1. The van der Waals surface area contributed by atoms with Crippen molar-refractivity contribution >= 4 is 23.3 Å². The normalized spacial score (nSPS) is 10.2. The monoisotopic (exact) mass is 276 g/mol. The number of benzene rings is 1. The predicted molar refractivity (Wildman–Crippen MR) is 74.1 cm³/mol. The fourth-order valence-corrected chi connectivity index (χ4v) is 1.87. The summed E-state index contributed by atoms with van der Waals surface area (Å²) in [5.41, 5.74) is 7.48. The van der Waals surface area contributed by atoms with E-state index in [4.69, 9.17) is 22.1 Å². The van der Waals surface area contributed by atoms with Crippen LogP contribution in [0.1, 0.15) is 15.9 Å². The molecule has 0 radical (unpaired) electrons. The number of hydrogen-bond acceptors (Lipinski definition) is 4. The van der Waals surface area contributed by atoms with Gasteiger partial charge in [0.25, 0.3) is 0 Å². The first-order chi connectivity index (χ1) is 9.15. The standard InChI is InChI=1S/C14H13ClN2O2/c15-12-7-11(8-13(16)9-12)14(18)19-6-3-10-1-4-17-5-2-10/h1-2,4-5,7-9H,3,6,16H2. The van der Waals surface area contributed by atoms with Crippen LogP contribution in [-0.4, -0.2) is 17.6 Å². The molecule has 0 aliphatic heterocycles. The molecule has 2 N–H and O–H groups in total. The van der Waals surface area contributed by atoms with Gasteiger partial charge in [-0.1, -0.05) is 11.6 Å². The molecule has 0 atom stereocenters. The minimum atomic E-state index is -0.428. The van der Waals surface area contributed by atoms with Crippen LogP contribution < -0.4 is 5.73 Å². The third-order valence-corrected chi connectivity index (χ3v) is 2.75. The lowest BCUT2D eigenvalue weighted by Gasteiger charge is -2.06. The molecule has 4 nitrogen and oxygen atoms in total. The summed E-state index contributed by atoms with van der Waals surface area (Å²) in [5, 5.41) is 0.418. The number of ether oxygens (including phenoxy) is 1. The summed E-state index contributed by atoms with van der Waals surface area (Å²) in [5.74, 6) is -0.428. The maximum Gasteiger partial charge on any atom is 0.338 e. The molecule has 0 aliphatic rings. The second-order valence-corrected chi connectivity index (χ2v) is 4.45. The van der Waals surface area contributed by atoms with Crippen LogP contribution in [0.4, 0.5) is 5.69 Å². The maximum atomic E-state index is 11.8. The molecule has 5 heteroatoms. The molecule has 98 valence electrons. The summed E-state index contributed by atoms with van der Waals surface area (Å²) < 4.78 is 5.17. The Balaban J connectivity index is 1.91. The molecule has 2 aromatic rings. The Bertz CT molecular complexity index is 553. The number of aromatic nitrogens is 1. The number of nitrogens with two attached hydrogens (primary N) is 1. The van der Waals surface area contributed by atoms with Crippen molar-refractivity contribution in [3.63, 3.8) is 0 Å². The number of nitrogen functional groups attached to an aromatic ring is 1. The number of halogens is 1. The highest BCUT2D eigenvalue weighted by atomic mass is 35.5. The van der Waals surface area contributed by atoms with E-state index in [0.29, 0.717) is 29.3 Å². The Morgan fingerprint density at radius 1 is 1.26 bits per heavy atom. The second kappa shape index (κ2) is 6.20. The third kappa shape index (κ3) is 3.96. The number of carbonyl (C=O) groups is 1. The first-order valence-corrected chi connectivity index (χ1v) is 6.15. The molecule has 1 aromatic heterocycles. The summed E-state index contributed by atoms with van der Waals surface area (Å²) >= 11 is 5.83. The van der Waals surface area contributed by atoms with Gasteiger partial charge in [0.1, 0.15) is 0 Å². The average molecular weight is 277 g/mol. The van der Waals surface area contributed by atoms with Crippen LogP contribution >= 0.6 is 11.6 Å². The van der Waals surface area contributed by atoms with Crippen LogP contribution in [0.25, 0.3) is 0 Å². The van der Waals surface area contributed by atoms with Gasteiger partial charge in [-0.25, -0.2) is 4.79 Å². The van der Waals surface area contributed by atoms with E-state index in [1.165, 1.54) is 6.07 Å². The zero-order chi connectivity index (χ0) is 13.7. The largest absolute Gasteiger partial charge is 0.462 e. The topological polar surface area (TPSA) is 65.2 Å². The average Bonchev–Trinajstić information content (AvgIpc) is 2.38. The Morgan fingerprint density at radius 2 is 2.00 bits per heavy atom. The molecular weight excluding hydrogens is 264 g/mol. The van der Waals surface area contributed by atoms with E-state index in [9.17, 15) is 4.79 Å². The summed E-state index contributed by atoms with van der Waals surface area (Å²) in [7, 11) is 0. The van der Waals surface area contributed by atoms with E-state index in [-0.39, 0.29) is 0 Å². The van der Waals surface area contributed by atoms with E-state index in [0.717, 1.165) is 5.56 Å². The molecular formula is C14H13ClN2O2. The highest BCUT2D eigenvalue weighted by Gasteiger charge is 2.08. The molecule has 1 heterocycles. The maximum absolute atomic E-state index is 11.8. The zero-order valence-corrected chi connectivity index (χ0v) is 10.9. The summed E-state index contributed by atoms with van der Waals surface area (Å²) in [4.78, 5) is 15.7. The second-order valence-electron chi connectivity index (χ2n) is 4.01. The molecule has 2 rings (SSSR count). The van der Waals surface area contributed by atoms with Gasteiger partial charge in [-0.2, -0.15) is 0 Å². The number of pyridine rings is 1. The number of anilines is 1. The molecule has 0 fully saturated rings. The number of esters is 1. The number of carbonyl (C=O) groups excluding carboxylic acids is 1. The van der Waals surface area contributed by atoms with Crippen LogP contribution in [-0.2, 0) is 11.2 Å². The van der Waals surface area contributed by atoms with Crippen molar-refractivity contribution in [3.8, 4) is 0 Å². The van der Waals surface area contributed by atoms with Crippen molar-refractivity contribution in [3.05, 3.63) is 58.9 Å². The van der Waals surface area contributed by atoms with E-state index in [2.05, 4.69) is 4.98 Å². The van der Waals surface area contributed by atoms with E-state index in [1.54, 1.807) is 24.5 Å². The van der Waals surface area contributed by atoms with Gasteiger partial charge in [-0.3, -0.25) is 4.98 Å². The molecule has 0 aliphatic carbocycles. The van der Waals surface area contributed by atoms with Crippen LogP contribution in [0.3, 0.4) is 0 Å². The molecule has 0 spiro atoms. The highest BCUT2D eigenvalue weighted by Crippen LogP contribution is 2.17. The fourth-order valence-electron chi connectivity index (χ4n) is 1.62. The Hall–Kier alpha value is -2.07. The van der Waals surface area contributed by atoms with Gasteiger partial charge < -0.3 is 10.5 Å². The van der Waals surface area contributed by atoms with Crippen LogP contribution in [0.15, 0.2) is 42.7 Å². The zero-order valence-electron chi connectivity index (χ0n) is 10.2. The van der Waals surface area contributed by atoms with Crippen molar-refractivity contribution < 1.29 is 9.53 Å². The van der Waals surface area contributed by atoms with Crippen molar-refractivity contribution in [2.45, 2.75) is 6.42 Å². The Kier molecular flexibility index (Phi) is 4.36. The van der Waals surface area contributed by atoms with Crippen molar-refractivity contribution in [1.82, 2.24) is 4.98 Å². The molecule has 0 saturated heterocycles. The quantitative estimate of drug-likeness (QED) is 0.689. The lowest BCUT2D eigenvalue weighted by molar-refractivity contribution is 0.0509. The van der Waals surface area contributed by atoms with Gasteiger partial charge in [-0.15, -0.1) is 0 Å². The van der Waals surface area contributed by atoms with Crippen LogP contribution in [0.5, 0.6) is 0 Å². The molecule has 0 bridgehead atoms. The first kappa shape index (κ1) is 13.4. The first-order valence-electron chi connectivity index (χ1n) is 5.77. The lowest BCUT2D eigenvalue weighted by atomic mass is 10.2. The highest BCUT2D eigenvalue weighted by molar-refractivity contribution is 6.31. The van der Waals surface area contributed by atoms with Crippen molar-refractivity contribution in [2.24, 2.45) is 0 Å². The molecule has 0 unspecified atom stereocenters. The van der Waals surface area contributed by atoms with E-state index < -0.39 is 5.97 Å².